The lowest BCUT2D eigenvalue weighted by atomic mass is 10.0. The maximum Gasteiger partial charge on any atom is 0.573 e. The van der Waals surface area contributed by atoms with Crippen LogP contribution in [-0.4, -0.2) is 72.5 Å². The highest BCUT2D eigenvalue weighted by atomic mass is 31.2. The van der Waals surface area contributed by atoms with Crippen molar-refractivity contribution >= 4 is 37.4 Å². The minimum atomic E-state index is -5.15. The number of aromatic nitrogens is 4. The summed E-state index contributed by atoms with van der Waals surface area (Å²) in [5, 5.41) is 3.99. The maximum atomic E-state index is 15.2. The van der Waals surface area contributed by atoms with E-state index in [2.05, 4.69) is 24.3 Å². The first-order valence-corrected chi connectivity index (χ1v) is 16.6. The van der Waals surface area contributed by atoms with Crippen LogP contribution in [-0.2, 0) is 14.0 Å². The molecule has 0 saturated heterocycles. The number of phosphoric acid groups is 1. The normalized spacial score (nSPS) is 12.2. The smallest absolute Gasteiger partial charge is 0.493 e. The summed E-state index contributed by atoms with van der Waals surface area (Å²) in [5.74, 6) is -4.92. The zero-order valence-corrected chi connectivity index (χ0v) is 28.9. The van der Waals surface area contributed by atoms with Gasteiger partial charge in [-0.25, -0.2) is 28.0 Å². The summed E-state index contributed by atoms with van der Waals surface area (Å²) < 4.78 is 90.2. The average Bonchev–Trinajstić information content (AvgIpc) is 3.47. The van der Waals surface area contributed by atoms with Crippen LogP contribution >= 0.6 is 7.82 Å². The lowest BCUT2D eigenvalue weighted by Gasteiger charge is -2.28. The third-order valence-electron chi connectivity index (χ3n) is 7.45. The Morgan fingerprint density at radius 1 is 1.02 bits per heavy atom. The fraction of sp³-hybridized carbons (Fsp3) is 0.188. The summed E-state index contributed by atoms with van der Waals surface area (Å²) in [6, 6.07) is 7.93. The fourth-order valence-corrected chi connectivity index (χ4v) is 5.40. The first-order valence-electron chi connectivity index (χ1n) is 15.1. The number of fused-ring (bicyclic) bond motifs is 1. The number of nitrogens with zero attached hydrogens (tertiary/aromatic N) is 5. The largest absolute Gasteiger partial charge is 0.573 e. The molecule has 22 heteroatoms. The van der Waals surface area contributed by atoms with Gasteiger partial charge in [-0.1, -0.05) is 0 Å². The molecular formula is C32H27F4N6O11P. The Kier molecular flexibility index (Phi) is 11.1. The number of ether oxygens (including phenoxy) is 4. The quantitative estimate of drug-likeness (QED) is 0.0664. The highest BCUT2D eigenvalue weighted by Crippen LogP contribution is 2.42. The number of pyridine rings is 2. The van der Waals surface area contributed by atoms with Crippen molar-refractivity contribution in [3.63, 3.8) is 0 Å². The van der Waals surface area contributed by atoms with Crippen molar-refractivity contribution in [2.45, 2.75) is 26.3 Å². The van der Waals surface area contributed by atoms with Crippen LogP contribution < -0.4 is 19.7 Å². The van der Waals surface area contributed by atoms with E-state index in [1.165, 1.54) is 23.7 Å². The number of amides is 2. The summed E-state index contributed by atoms with van der Waals surface area (Å²) in [5.41, 5.74) is 5.90. The molecule has 284 valence electrons. The van der Waals surface area contributed by atoms with Crippen molar-refractivity contribution in [3.8, 4) is 28.4 Å². The summed E-state index contributed by atoms with van der Waals surface area (Å²) in [7, 11) is -3.87. The highest BCUT2D eigenvalue weighted by Gasteiger charge is 2.35. The van der Waals surface area contributed by atoms with Crippen molar-refractivity contribution in [3.05, 3.63) is 95.2 Å². The predicted molar refractivity (Wildman–Crippen MR) is 175 cm³/mol. The molecule has 2 amide bonds. The number of phosphoric ester groups is 1. The van der Waals surface area contributed by atoms with Crippen LogP contribution in [0.15, 0.2) is 67.0 Å². The molecular weight excluding hydrogens is 751 g/mol. The van der Waals surface area contributed by atoms with E-state index in [0.29, 0.717) is 39.9 Å². The predicted octanol–water partition coefficient (Wildman–Crippen LogP) is 5.35. The van der Waals surface area contributed by atoms with Crippen molar-refractivity contribution in [1.29, 1.82) is 0 Å². The van der Waals surface area contributed by atoms with Crippen LogP contribution in [0.3, 0.4) is 0 Å². The summed E-state index contributed by atoms with van der Waals surface area (Å²) in [6.45, 7) is 1.42. The molecule has 17 nitrogen and oxygen atoms in total. The number of hydrogen-bond acceptors (Lipinski definition) is 13. The third kappa shape index (κ3) is 9.18. The van der Waals surface area contributed by atoms with Crippen LogP contribution in [0.4, 0.5) is 28.3 Å². The molecule has 0 radical (unpaired) electrons. The van der Waals surface area contributed by atoms with Gasteiger partial charge in [0, 0.05) is 23.5 Å². The van der Waals surface area contributed by atoms with Gasteiger partial charge in [-0.2, -0.15) is 4.98 Å². The van der Waals surface area contributed by atoms with Crippen molar-refractivity contribution in [2.24, 2.45) is 0 Å². The van der Waals surface area contributed by atoms with E-state index >= 15 is 4.39 Å². The zero-order chi connectivity index (χ0) is 39.5. The molecule has 0 aliphatic carbocycles. The number of rotatable bonds is 11. The van der Waals surface area contributed by atoms with Gasteiger partial charge in [0.1, 0.15) is 11.6 Å². The molecule has 0 aliphatic heterocycles. The summed E-state index contributed by atoms with van der Waals surface area (Å²) in [6.07, 6.45) is -3.71. The van der Waals surface area contributed by atoms with Gasteiger partial charge >= 0.3 is 26.2 Å². The minimum Gasteiger partial charge on any atom is -0.493 e. The number of carbonyl (C=O) groups is 3. The van der Waals surface area contributed by atoms with Crippen LogP contribution in [0.25, 0.3) is 16.8 Å². The number of benzene rings is 2. The Labute approximate surface area is 301 Å². The van der Waals surface area contributed by atoms with Gasteiger partial charge in [-0.3, -0.25) is 19.6 Å². The van der Waals surface area contributed by atoms with E-state index in [1.54, 1.807) is 18.3 Å². The molecule has 2 aromatic carbocycles. The maximum absolute atomic E-state index is 15.2. The molecule has 5 rings (SSSR count). The molecule has 0 spiro atoms. The number of carbonyl (C=O) groups excluding carboxylic acids is 3. The molecule has 0 fully saturated rings. The molecule has 0 saturated carbocycles. The van der Waals surface area contributed by atoms with E-state index < -0.39 is 67.9 Å². The van der Waals surface area contributed by atoms with Gasteiger partial charge in [-0.15, -0.1) is 18.3 Å². The Morgan fingerprint density at radius 2 is 1.76 bits per heavy atom. The van der Waals surface area contributed by atoms with E-state index in [0.717, 1.165) is 32.2 Å². The van der Waals surface area contributed by atoms with Gasteiger partial charge in [0.2, 0.25) is 12.7 Å². The molecule has 0 bridgehead atoms. The number of methoxy groups -OCH3 is 1. The molecule has 3 aromatic heterocycles. The molecule has 1 unspecified atom stereocenters. The summed E-state index contributed by atoms with van der Waals surface area (Å²) in [4.78, 5) is 67.4. The lowest BCUT2D eigenvalue weighted by molar-refractivity contribution is -0.274. The van der Waals surface area contributed by atoms with Crippen LogP contribution in [0.1, 0.15) is 44.9 Å². The van der Waals surface area contributed by atoms with E-state index in [9.17, 15) is 32.1 Å². The number of nitrogens with two attached hydrogens (primary N) is 1. The number of esters is 1. The van der Waals surface area contributed by atoms with Gasteiger partial charge in [0.15, 0.2) is 17.1 Å². The van der Waals surface area contributed by atoms with E-state index in [1.807, 2.05) is 0 Å². The molecule has 1 atom stereocenters. The van der Waals surface area contributed by atoms with E-state index in [-0.39, 0.29) is 28.5 Å². The molecule has 5 aromatic rings. The standard InChI is InChI=1S/C32H27F4N6O11P/c1-16-22(10-20(14-38-16)18-8-9-41-27(12-18)39-30(37)40-41)28(43)42(17(2)23-13-21(5-6-24(23)33)52-32(34,35)36)31(45)51-15-50-29(44)19-4-7-25(26(11-19)49-3)53-54(46,47)48/h4-14,17H,15H2,1-3H3,(H2,37,40)(H2,46,47,48). The average molecular weight is 779 g/mol. The Morgan fingerprint density at radius 3 is 2.44 bits per heavy atom. The second-order valence-corrected chi connectivity index (χ2v) is 12.2. The molecule has 3 heterocycles. The van der Waals surface area contributed by atoms with Crippen molar-refractivity contribution in [2.75, 3.05) is 19.6 Å². The molecule has 0 aliphatic rings. The number of alkyl halides is 3. The first-order chi connectivity index (χ1) is 25.3. The van der Waals surface area contributed by atoms with Gasteiger partial charge in [0.05, 0.1) is 30.0 Å². The fourth-order valence-electron chi connectivity index (χ4n) is 5.00. The minimum absolute atomic E-state index is 0.00113. The Hall–Kier alpha value is -6.31. The van der Waals surface area contributed by atoms with Gasteiger partial charge in [-0.05, 0) is 74.0 Å². The van der Waals surface area contributed by atoms with Crippen LogP contribution in [0, 0.1) is 12.7 Å². The first kappa shape index (κ1) is 38.9. The third-order valence-corrected chi connectivity index (χ3v) is 7.88. The topological polar surface area (TPSA) is 227 Å². The second-order valence-electron chi connectivity index (χ2n) is 11.0. The number of anilines is 1. The van der Waals surface area contributed by atoms with Crippen LogP contribution in [0.2, 0.25) is 0 Å². The number of nitrogen functional groups attached to an aromatic ring is 1. The van der Waals surface area contributed by atoms with Gasteiger partial charge in [0.25, 0.3) is 5.91 Å². The number of hydrogen-bond donors (Lipinski definition) is 3. The zero-order valence-electron chi connectivity index (χ0n) is 28.0. The monoisotopic (exact) mass is 778 g/mol. The second kappa shape index (κ2) is 15.3. The van der Waals surface area contributed by atoms with Crippen molar-refractivity contribution in [1.82, 2.24) is 24.5 Å². The molecule has 54 heavy (non-hydrogen) atoms. The van der Waals surface area contributed by atoms with Crippen molar-refractivity contribution < 1.29 is 69.8 Å². The SMILES string of the molecule is COc1cc(C(=O)OCOC(=O)N(C(=O)c2cc(-c3ccn4nc(N)nc4c3)cnc2C)C(C)c2cc(OC(F)(F)F)ccc2F)ccc1OP(=O)(O)O. The van der Waals surface area contributed by atoms with Gasteiger partial charge < -0.3 is 29.2 Å². The number of halogens is 4. The van der Waals surface area contributed by atoms with E-state index in [4.69, 9.17) is 29.7 Å². The number of imide groups is 1. The summed E-state index contributed by atoms with van der Waals surface area (Å²) >= 11 is 0. The Balaban J connectivity index is 1.45. The van der Waals surface area contributed by atoms with Crippen LogP contribution in [0.5, 0.6) is 17.2 Å². The Bertz CT molecular complexity index is 2300. The molecule has 4 N–H and O–H groups in total. The highest BCUT2D eigenvalue weighted by molar-refractivity contribution is 7.46. The lowest BCUT2D eigenvalue weighted by Crippen LogP contribution is -2.40. The number of aryl methyl sites for hydroxylation is 1.